The van der Waals surface area contributed by atoms with Gasteiger partial charge >= 0.3 is 0 Å². The second kappa shape index (κ2) is 5.98. The Morgan fingerprint density at radius 1 is 1.22 bits per heavy atom. The van der Waals surface area contributed by atoms with Crippen LogP contribution in [0.15, 0.2) is 60.0 Å². The van der Waals surface area contributed by atoms with Crippen LogP contribution in [0, 0.1) is 0 Å². The standard InChI is InChI=1S/C15H17N5O2S/c1-12(18-23(21,22)15-10-17-19(2)11-15)13-5-3-6-14(9-13)20-8-4-7-16-20/h3-12,18H,1-2H3/t12-/m1/s1. The fourth-order valence-corrected chi connectivity index (χ4v) is 3.48. The molecular formula is C15H17N5O2S. The molecule has 1 aromatic carbocycles. The van der Waals surface area contributed by atoms with E-state index < -0.39 is 10.0 Å². The van der Waals surface area contributed by atoms with Crippen molar-refractivity contribution in [2.75, 3.05) is 0 Å². The lowest BCUT2D eigenvalue weighted by Crippen LogP contribution is -2.26. The van der Waals surface area contributed by atoms with Crippen molar-refractivity contribution in [3.05, 3.63) is 60.7 Å². The first kappa shape index (κ1) is 15.4. The zero-order chi connectivity index (χ0) is 16.4. The summed E-state index contributed by atoms with van der Waals surface area (Å²) in [5.41, 5.74) is 1.73. The number of rotatable bonds is 5. The number of benzene rings is 1. The molecule has 0 amide bonds. The highest BCUT2D eigenvalue weighted by atomic mass is 32.2. The van der Waals surface area contributed by atoms with Crippen molar-refractivity contribution in [3.8, 4) is 5.69 Å². The molecule has 0 unspecified atom stereocenters. The van der Waals surface area contributed by atoms with Gasteiger partial charge in [-0.05, 0) is 30.7 Å². The van der Waals surface area contributed by atoms with Crippen LogP contribution in [0.1, 0.15) is 18.5 Å². The highest BCUT2D eigenvalue weighted by Crippen LogP contribution is 2.19. The Hall–Kier alpha value is -2.45. The van der Waals surface area contributed by atoms with Crippen molar-refractivity contribution < 1.29 is 8.42 Å². The lowest BCUT2D eigenvalue weighted by Gasteiger charge is -2.15. The van der Waals surface area contributed by atoms with Crippen molar-refractivity contribution in [2.24, 2.45) is 7.05 Å². The molecule has 0 radical (unpaired) electrons. The molecule has 1 atom stereocenters. The van der Waals surface area contributed by atoms with E-state index in [9.17, 15) is 8.42 Å². The Morgan fingerprint density at radius 3 is 2.70 bits per heavy atom. The van der Waals surface area contributed by atoms with E-state index in [0.717, 1.165) is 11.3 Å². The quantitative estimate of drug-likeness (QED) is 0.770. The minimum absolute atomic E-state index is 0.148. The average Bonchev–Trinajstić information content (AvgIpc) is 3.18. The maximum absolute atomic E-state index is 12.4. The molecule has 2 aromatic heterocycles. The van der Waals surface area contributed by atoms with Crippen LogP contribution in [0.25, 0.3) is 5.69 Å². The van der Waals surface area contributed by atoms with Crippen molar-refractivity contribution in [1.29, 1.82) is 0 Å². The van der Waals surface area contributed by atoms with Gasteiger partial charge in [0.05, 0.1) is 11.9 Å². The zero-order valence-corrected chi connectivity index (χ0v) is 13.6. The number of hydrogen-bond acceptors (Lipinski definition) is 4. The summed E-state index contributed by atoms with van der Waals surface area (Å²) in [5, 5.41) is 8.08. The van der Waals surface area contributed by atoms with E-state index in [1.807, 2.05) is 36.5 Å². The topological polar surface area (TPSA) is 81.8 Å². The largest absolute Gasteiger partial charge is 0.274 e. The van der Waals surface area contributed by atoms with Crippen molar-refractivity contribution in [3.63, 3.8) is 0 Å². The van der Waals surface area contributed by atoms with Crippen molar-refractivity contribution in [2.45, 2.75) is 17.9 Å². The summed E-state index contributed by atoms with van der Waals surface area (Å²) < 4.78 is 30.6. The van der Waals surface area contributed by atoms with Crippen LogP contribution in [0.2, 0.25) is 0 Å². The molecule has 2 heterocycles. The van der Waals surface area contributed by atoms with E-state index in [0.29, 0.717) is 0 Å². The summed E-state index contributed by atoms with van der Waals surface area (Å²) in [6.45, 7) is 1.80. The van der Waals surface area contributed by atoms with Crippen LogP contribution in [0.4, 0.5) is 0 Å². The first-order valence-corrected chi connectivity index (χ1v) is 8.55. The number of nitrogens with one attached hydrogen (secondary N) is 1. The number of aromatic nitrogens is 4. The molecule has 23 heavy (non-hydrogen) atoms. The molecule has 3 rings (SSSR count). The minimum atomic E-state index is -3.61. The van der Waals surface area contributed by atoms with Crippen LogP contribution in [0.3, 0.4) is 0 Å². The van der Waals surface area contributed by atoms with Gasteiger partial charge in [-0.1, -0.05) is 12.1 Å². The minimum Gasteiger partial charge on any atom is -0.274 e. The highest BCUT2D eigenvalue weighted by Gasteiger charge is 2.20. The molecule has 7 nitrogen and oxygen atoms in total. The Morgan fingerprint density at radius 2 is 2.04 bits per heavy atom. The second-order valence-corrected chi connectivity index (χ2v) is 6.95. The third kappa shape index (κ3) is 3.33. The molecule has 8 heteroatoms. The van der Waals surface area contributed by atoms with Crippen LogP contribution in [-0.2, 0) is 17.1 Å². The predicted molar refractivity (Wildman–Crippen MR) is 85.5 cm³/mol. The molecule has 0 fully saturated rings. The third-order valence-electron chi connectivity index (χ3n) is 3.46. The maximum atomic E-state index is 12.4. The number of nitrogens with zero attached hydrogens (tertiary/aromatic N) is 4. The van der Waals surface area contributed by atoms with Gasteiger partial charge in [-0.15, -0.1) is 0 Å². The third-order valence-corrected chi connectivity index (χ3v) is 4.96. The first-order chi connectivity index (χ1) is 11.0. The molecule has 120 valence electrons. The molecule has 0 spiro atoms. The molecule has 0 saturated carbocycles. The van der Waals surface area contributed by atoms with E-state index in [1.165, 1.54) is 17.1 Å². The van der Waals surface area contributed by atoms with E-state index in [-0.39, 0.29) is 10.9 Å². The fourth-order valence-electron chi connectivity index (χ4n) is 2.26. The lowest BCUT2D eigenvalue weighted by atomic mass is 10.1. The number of hydrogen-bond donors (Lipinski definition) is 1. The SMILES string of the molecule is C[C@@H](NS(=O)(=O)c1cnn(C)c1)c1cccc(-n2cccn2)c1. The van der Waals surface area contributed by atoms with Gasteiger partial charge in [-0.3, -0.25) is 4.68 Å². The van der Waals surface area contributed by atoms with Crippen molar-refractivity contribution >= 4 is 10.0 Å². The predicted octanol–water partition coefficient (Wildman–Crippen LogP) is 1.65. The van der Waals surface area contributed by atoms with Gasteiger partial charge in [0.15, 0.2) is 0 Å². The van der Waals surface area contributed by atoms with Gasteiger partial charge < -0.3 is 0 Å². The molecule has 0 aliphatic heterocycles. The molecular weight excluding hydrogens is 314 g/mol. The molecule has 0 aliphatic carbocycles. The van der Waals surface area contributed by atoms with Gasteiger partial charge in [-0.2, -0.15) is 10.2 Å². The molecule has 1 N–H and O–H groups in total. The number of aryl methyl sites for hydroxylation is 1. The van der Waals surface area contributed by atoms with Gasteiger partial charge in [-0.25, -0.2) is 17.8 Å². The van der Waals surface area contributed by atoms with Crippen molar-refractivity contribution in [1.82, 2.24) is 24.3 Å². The number of sulfonamides is 1. The summed E-state index contributed by atoms with van der Waals surface area (Å²) in [5.74, 6) is 0. The molecule has 0 aliphatic rings. The summed E-state index contributed by atoms with van der Waals surface area (Å²) in [6.07, 6.45) is 6.33. The fraction of sp³-hybridized carbons (Fsp3) is 0.200. The summed E-state index contributed by atoms with van der Waals surface area (Å²) in [4.78, 5) is 0.148. The Kier molecular flexibility index (Phi) is 4.01. The monoisotopic (exact) mass is 331 g/mol. The normalized spacial score (nSPS) is 13.1. The summed E-state index contributed by atoms with van der Waals surface area (Å²) in [7, 11) is -1.93. The van der Waals surface area contributed by atoms with Crippen LogP contribution in [0.5, 0.6) is 0 Å². The van der Waals surface area contributed by atoms with E-state index in [2.05, 4.69) is 14.9 Å². The van der Waals surface area contributed by atoms with Gasteiger partial charge in [0.2, 0.25) is 10.0 Å². The van der Waals surface area contributed by atoms with Crippen LogP contribution < -0.4 is 4.72 Å². The van der Waals surface area contributed by atoms with Crippen LogP contribution >= 0.6 is 0 Å². The summed E-state index contributed by atoms with van der Waals surface area (Å²) >= 11 is 0. The Labute approximate surface area is 134 Å². The van der Waals surface area contributed by atoms with Gasteiger partial charge in [0.1, 0.15) is 4.90 Å². The van der Waals surface area contributed by atoms with E-state index in [4.69, 9.17) is 0 Å². The average molecular weight is 331 g/mol. The summed E-state index contributed by atoms with van der Waals surface area (Å²) in [6, 6.07) is 9.03. The smallest absolute Gasteiger partial charge is 0.244 e. The first-order valence-electron chi connectivity index (χ1n) is 7.07. The Bertz CT molecular complexity index is 900. The zero-order valence-electron chi connectivity index (χ0n) is 12.8. The van der Waals surface area contributed by atoms with E-state index in [1.54, 1.807) is 24.9 Å². The highest BCUT2D eigenvalue weighted by molar-refractivity contribution is 7.89. The van der Waals surface area contributed by atoms with E-state index >= 15 is 0 Å². The molecule has 0 bridgehead atoms. The Balaban J connectivity index is 1.83. The molecule has 0 saturated heterocycles. The second-order valence-electron chi connectivity index (χ2n) is 5.24. The van der Waals surface area contributed by atoms with Crippen LogP contribution in [-0.4, -0.2) is 28.0 Å². The maximum Gasteiger partial charge on any atom is 0.244 e. The lowest BCUT2D eigenvalue weighted by molar-refractivity contribution is 0.566. The molecule has 3 aromatic rings. The van der Waals surface area contributed by atoms with Gasteiger partial charge in [0.25, 0.3) is 0 Å². The van der Waals surface area contributed by atoms with Gasteiger partial charge in [0, 0.05) is 31.7 Å².